The van der Waals surface area contributed by atoms with Crippen LogP contribution in [-0.4, -0.2) is 49.6 Å². The van der Waals surface area contributed by atoms with Gasteiger partial charge in [0.05, 0.1) is 0 Å². The summed E-state index contributed by atoms with van der Waals surface area (Å²) in [5, 5.41) is 0. The molecule has 1 saturated heterocycles. The molecule has 100 valence electrons. The van der Waals surface area contributed by atoms with Crippen LogP contribution in [0.1, 0.15) is 25.7 Å². The third-order valence-electron chi connectivity index (χ3n) is 3.63. The van der Waals surface area contributed by atoms with Crippen molar-refractivity contribution < 1.29 is 8.42 Å². The molecule has 1 atom stereocenters. The summed E-state index contributed by atoms with van der Waals surface area (Å²) in [5.41, 5.74) is 0. The maximum atomic E-state index is 12.3. The summed E-state index contributed by atoms with van der Waals surface area (Å²) in [6.45, 7) is 1.90. The molecule has 0 amide bonds. The highest BCUT2D eigenvalue weighted by atomic mass is 35.5. The number of halogens is 1. The van der Waals surface area contributed by atoms with Gasteiger partial charge in [0.2, 0.25) is 0 Å². The molecule has 2 aliphatic rings. The van der Waals surface area contributed by atoms with Crippen LogP contribution < -0.4 is 0 Å². The normalized spacial score (nSPS) is 27.6. The zero-order chi connectivity index (χ0) is 12.5. The highest BCUT2D eigenvalue weighted by Crippen LogP contribution is 2.31. The van der Waals surface area contributed by atoms with E-state index in [1.165, 1.54) is 17.1 Å². The van der Waals surface area contributed by atoms with Crippen LogP contribution in [0.2, 0.25) is 0 Å². The van der Waals surface area contributed by atoms with Gasteiger partial charge in [0.25, 0.3) is 10.2 Å². The highest BCUT2D eigenvalue weighted by molar-refractivity contribution is 7.86. The number of hydrogen-bond acceptors (Lipinski definition) is 2. The quantitative estimate of drug-likeness (QED) is 0.717. The van der Waals surface area contributed by atoms with Gasteiger partial charge >= 0.3 is 0 Å². The predicted octanol–water partition coefficient (Wildman–Crippen LogP) is 1.52. The summed E-state index contributed by atoms with van der Waals surface area (Å²) in [7, 11) is -1.56. The lowest BCUT2D eigenvalue weighted by atomic mass is 10.0. The fourth-order valence-electron chi connectivity index (χ4n) is 2.32. The molecule has 0 bridgehead atoms. The topological polar surface area (TPSA) is 40.6 Å². The van der Waals surface area contributed by atoms with E-state index in [1.807, 2.05) is 0 Å². The van der Waals surface area contributed by atoms with E-state index in [4.69, 9.17) is 11.6 Å². The third kappa shape index (κ3) is 3.34. The van der Waals surface area contributed by atoms with Crippen molar-refractivity contribution in [1.82, 2.24) is 8.61 Å². The Balaban J connectivity index is 1.97. The van der Waals surface area contributed by atoms with Crippen LogP contribution in [-0.2, 0) is 10.2 Å². The van der Waals surface area contributed by atoms with Crippen LogP contribution in [0.5, 0.6) is 0 Å². The van der Waals surface area contributed by atoms with E-state index in [2.05, 4.69) is 0 Å². The molecule has 0 spiro atoms. The van der Waals surface area contributed by atoms with Crippen molar-refractivity contribution in [2.45, 2.75) is 25.7 Å². The average Bonchev–Trinajstić information content (AvgIpc) is 3.13. The molecule has 0 aromatic rings. The first-order valence-corrected chi connectivity index (χ1v) is 8.24. The van der Waals surface area contributed by atoms with Gasteiger partial charge in [0, 0.05) is 32.6 Å². The summed E-state index contributed by atoms with van der Waals surface area (Å²) in [6.07, 6.45) is 4.31. The lowest BCUT2D eigenvalue weighted by Crippen LogP contribution is -2.47. The molecule has 0 aromatic carbocycles. The number of hydrogen-bond donors (Lipinski definition) is 0. The SMILES string of the molecule is CN(CC1CC1)S(=O)(=O)N1CCCC(CCl)C1. The zero-order valence-corrected chi connectivity index (χ0v) is 11.9. The van der Waals surface area contributed by atoms with E-state index in [0.717, 1.165) is 12.8 Å². The molecule has 1 heterocycles. The number of rotatable bonds is 5. The van der Waals surface area contributed by atoms with Gasteiger partial charge in [-0.2, -0.15) is 17.0 Å². The van der Waals surface area contributed by atoms with Crippen LogP contribution >= 0.6 is 11.6 Å². The Bertz CT molecular complexity index is 356. The van der Waals surface area contributed by atoms with Gasteiger partial charge in [-0.15, -0.1) is 11.6 Å². The van der Waals surface area contributed by atoms with E-state index in [0.29, 0.717) is 37.4 Å². The average molecular weight is 281 g/mol. The molecule has 0 radical (unpaired) electrons. The van der Waals surface area contributed by atoms with Crippen molar-refractivity contribution in [3.63, 3.8) is 0 Å². The first kappa shape index (κ1) is 13.6. The Hall–Kier alpha value is 0.160. The molecule has 6 heteroatoms. The minimum Gasteiger partial charge on any atom is -0.195 e. The van der Waals surface area contributed by atoms with E-state index in [1.54, 1.807) is 11.4 Å². The van der Waals surface area contributed by atoms with Crippen molar-refractivity contribution in [3.05, 3.63) is 0 Å². The first-order chi connectivity index (χ1) is 8.04. The number of piperidine rings is 1. The van der Waals surface area contributed by atoms with Crippen LogP contribution in [0.3, 0.4) is 0 Å². The molecule has 2 fully saturated rings. The van der Waals surface area contributed by atoms with Gasteiger partial charge in [-0.1, -0.05) is 0 Å². The number of nitrogens with zero attached hydrogens (tertiary/aromatic N) is 2. The van der Waals surface area contributed by atoms with Crippen LogP contribution in [0.15, 0.2) is 0 Å². The lowest BCUT2D eigenvalue weighted by Gasteiger charge is -2.33. The predicted molar refractivity (Wildman–Crippen MR) is 69.3 cm³/mol. The molecule has 4 nitrogen and oxygen atoms in total. The molecule has 1 unspecified atom stereocenters. The fraction of sp³-hybridized carbons (Fsp3) is 1.00. The largest absolute Gasteiger partial charge is 0.281 e. The molecule has 17 heavy (non-hydrogen) atoms. The fourth-order valence-corrected chi connectivity index (χ4v) is 4.12. The van der Waals surface area contributed by atoms with E-state index in [9.17, 15) is 8.42 Å². The third-order valence-corrected chi connectivity index (χ3v) is 5.99. The van der Waals surface area contributed by atoms with Gasteiger partial charge in [0.15, 0.2) is 0 Å². The molecule has 2 rings (SSSR count). The standard InChI is InChI=1S/C11H21ClN2O2S/c1-13(8-10-4-5-10)17(15,16)14-6-2-3-11(7-12)9-14/h10-11H,2-9H2,1H3. The molecule has 1 saturated carbocycles. The minimum absolute atomic E-state index is 0.314. The Kier molecular flexibility index (Phi) is 4.34. The summed E-state index contributed by atoms with van der Waals surface area (Å²) >= 11 is 5.83. The van der Waals surface area contributed by atoms with E-state index in [-0.39, 0.29) is 0 Å². The van der Waals surface area contributed by atoms with Crippen LogP contribution in [0.4, 0.5) is 0 Å². The van der Waals surface area contributed by atoms with Gasteiger partial charge in [-0.05, 0) is 37.5 Å². The maximum absolute atomic E-state index is 12.3. The minimum atomic E-state index is -3.25. The summed E-state index contributed by atoms with van der Waals surface area (Å²) in [5.74, 6) is 1.45. The van der Waals surface area contributed by atoms with Crippen LogP contribution in [0.25, 0.3) is 0 Å². The molecule has 0 N–H and O–H groups in total. The van der Waals surface area contributed by atoms with Crippen molar-refractivity contribution in [2.24, 2.45) is 11.8 Å². The monoisotopic (exact) mass is 280 g/mol. The molecular weight excluding hydrogens is 260 g/mol. The Labute approximate surface area is 109 Å². The van der Waals surface area contributed by atoms with Gasteiger partial charge in [-0.3, -0.25) is 0 Å². The van der Waals surface area contributed by atoms with E-state index >= 15 is 0 Å². The molecular formula is C11H21ClN2O2S. The second-order valence-electron chi connectivity index (χ2n) is 5.25. The maximum Gasteiger partial charge on any atom is 0.281 e. The summed E-state index contributed by atoms with van der Waals surface area (Å²) in [4.78, 5) is 0. The Morgan fingerprint density at radius 3 is 2.59 bits per heavy atom. The second-order valence-corrected chi connectivity index (χ2v) is 7.60. The van der Waals surface area contributed by atoms with E-state index < -0.39 is 10.2 Å². The molecule has 0 aromatic heterocycles. The van der Waals surface area contributed by atoms with Crippen LogP contribution in [0, 0.1) is 11.8 Å². The second kappa shape index (κ2) is 5.43. The van der Waals surface area contributed by atoms with Crippen molar-refractivity contribution in [2.75, 3.05) is 32.6 Å². The van der Waals surface area contributed by atoms with Gasteiger partial charge in [0.1, 0.15) is 0 Å². The Morgan fingerprint density at radius 2 is 2.00 bits per heavy atom. The molecule has 1 aliphatic carbocycles. The van der Waals surface area contributed by atoms with Crippen molar-refractivity contribution >= 4 is 21.8 Å². The zero-order valence-electron chi connectivity index (χ0n) is 10.3. The first-order valence-electron chi connectivity index (χ1n) is 6.31. The van der Waals surface area contributed by atoms with Gasteiger partial charge < -0.3 is 0 Å². The highest BCUT2D eigenvalue weighted by Gasteiger charge is 2.34. The Morgan fingerprint density at radius 1 is 1.29 bits per heavy atom. The van der Waals surface area contributed by atoms with Crippen molar-refractivity contribution in [1.29, 1.82) is 0 Å². The lowest BCUT2D eigenvalue weighted by molar-refractivity contribution is 0.264. The number of alkyl halides is 1. The summed E-state index contributed by atoms with van der Waals surface area (Å²) in [6, 6.07) is 0. The summed E-state index contributed by atoms with van der Waals surface area (Å²) < 4.78 is 27.8. The smallest absolute Gasteiger partial charge is 0.195 e. The van der Waals surface area contributed by atoms with Gasteiger partial charge in [-0.25, -0.2) is 0 Å². The molecule has 1 aliphatic heterocycles. The van der Waals surface area contributed by atoms with Crippen molar-refractivity contribution in [3.8, 4) is 0 Å².